The summed E-state index contributed by atoms with van der Waals surface area (Å²) in [6.07, 6.45) is 0.490. The molecular weight excluding hydrogens is 254 g/mol. The van der Waals surface area contributed by atoms with Crippen LogP contribution in [0.25, 0.3) is 0 Å². The molecule has 0 aliphatic carbocycles. The molecule has 0 rings (SSSR count). The van der Waals surface area contributed by atoms with E-state index in [4.69, 9.17) is 5.73 Å². The Hall–Kier alpha value is -0.810. The summed E-state index contributed by atoms with van der Waals surface area (Å²) >= 11 is 0. The summed E-state index contributed by atoms with van der Waals surface area (Å²) in [7, 11) is 0. The highest BCUT2D eigenvalue weighted by Crippen LogP contribution is 1.99. The monoisotopic (exact) mass is 279 g/mol. The van der Waals surface area contributed by atoms with Crippen LogP contribution in [0.2, 0.25) is 0 Å². The summed E-state index contributed by atoms with van der Waals surface area (Å²) in [5.74, 6) is -0.0961. The van der Waals surface area contributed by atoms with Crippen molar-refractivity contribution in [2.45, 2.75) is 46.1 Å². The molecule has 0 bridgehead atoms. The second-order valence-electron chi connectivity index (χ2n) is 4.83. The van der Waals surface area contributed by atoms with Gasteiger partial charge in [0.05, 0.1) is 0 Å². The van der Waals surface area contributed by atoms with Gasteiger partial charge in [-0.3, -0.25) is 9.59 Å². The summed E-state index contributed by atoms with van der Waals surface area (Å²) in [6, 6.07) is 0. The Morgan fingerprint density at radius 2 is 1.67 bits per heavy atom. The largest absolute Gasteiger partial charge is 0.354 e. The maximum absolute atomic E-state index is 11.6. The van der Waals surface area contributed by atoms with Crippen LogP contribution in [0.3, 0.4) is 0 Å². The van der Waals surface area contributed by atoms with E-state index >= 15 is 0 Å². The lowest BCUT2D eigenvalue weighted by Gasteiger charge is -2.20. The normalized spacial score (nSPS) is 10.5. The van der Waals surface area contributed by atoms with Crippen LogP contribution in [0.1, 0.15) is 40.5 Å². The van der Waals surface area contributed by atoms with Gasteiger partial charge < -0.3 is 16.0 Å². The van der Waals surface area contributed by atoms with Gasteiger partial charge in [-0.2, -0.15) is 0 Å². The van der Waals surface area contributed by atoms with E-state index in [9.17, 15) is 9.59 Å². The Labute approximate surface area is 116 Å². The average Bonchev–Trinajstić information content (AvgIpc) is 2.24. The fraction of sp³-hybridized carbons (Fsp3) is 0.833. The molecule has 5 nitrogen and oxygen atoms in total. The smallest absolute Gasteiger partial charge is 0.223 e. The Balaban J connectivity index is 0. The summed E-state index contributed by atoms with van der Waals surface area (Å²) in [6.45, 7) is 9.34. The number of carbonyl (C=O) groups excluding carboxylic acids is 2. The van der Waals surface area contributed by atoms with Gasteiger partial charge >= 0.3 is 0 Å². The van der Waals surface area contributed by atoms with Crippen molar-refractivity contribution in [1.82, 2.24) is 10.2 Å². The SMILES string of the molecule is CCN(CC)C(=O)CCC(=O)NCC(C)(C)N.Cl. The molecule has 0 aromatic heterocycles. The number of nitrogens with two attached hydrogens (primary N) is 1. The molecule has 108 valence electrons. The van der Waals surface area contributed by atoms with Gasteiger partial charge in [-0.1, -0.05) is 0 Å². The quantitative estimate of drug-likeness (QED) is 0.727. The molecule has 0 radical (unpaired) electrons. The standard InChI is InChI=1S/C12H25N3O2.ClH/c1-5-15(6-2)11(17)8-7-10(16)14-9-12(3,4)13;/h5-9,13H2,1-4H3,(H,14,16);1H. The van der Waals surface area contributed by atoms with Crippen molar-refractivity contribution in [2.24, 2.45) is 5.73 Å². The molecule has 0 saturated carbocycles. The molecule has 0 aliphatic heterocycles. The second-order valence-corrected chi connectivity index (χ2v) is 4.83. The Kier molecular flexibility index (Phi) is 9.94. The Morgan fingerprint density at radius 3 is 2.06 bits per heavy atom. The molecule has 0 atom stereocenters. The number of amides is 2. The molecule has 0 unspecified atom stereocenters. The van der Waals surface area contributed by atoms with E-state index < -0.39 is 5.54 Å². The molecule has 0 aromatic carbocycles. The van der Waals surface area contributed by atoms with Gasteiger partial charge in [-0.15, -0.1) is 12.4 Å². The van der Waals surface area contributed by atoms with Gasteiger partial charge in [0, 0.05) is 38.0 Å². The van der Waals surface area contributed by atoms with Crippen molar-refractivity contribution in [1.29, 1.82) is 0 Å². The first-order valence-electron chi connectivity index (χ1n) is 6.13. The van der Waals surface area contributed by atoms with Crippen LogP contribution in [0.5, 0.6) is 0 Å². The highest BCUT2D eigenvalue weighted by molar-refractivity contribution is 5.85. The topological polar surface area (TPSA) is 75.4 Å². The van der Waals surface area contributed by atoms with E-state index in [1.165, 1.54) is 0 Å². The van der Waals surface area contributed by atoms with E-state index in [0.717, 1.165) is 0 Å². The molecule has 0 heterocycles. The Morgan fingerprint density at radius 1 is 1.17 bits per heavy atom. The van der Waals surface area contributed by atoms with Gasteiger partial charge in [-0.25, -0.2) is 0 Å². The molecule has 6 heteroatoms. The molecule has 0 aromatic rings. The number of hydrogen-bond donors (Lipinski definition) is 2. The van der Waals surface area contributed by atoms with Gasteiger partial charge in [0.1, 0.15) is 0 Å². The van der Waals surface area contributed by atoms with Crippen LogP contribution < -0.4 is 11.1 Å². The minimum absolute atomic E-state index is 0. The fourth-order valence-corrected chi connectivity index (χ4v) is 1.37. The van der Waals surface area contributed by atoms with Crippen LogP contribution in [-0.2, 0) is 9.59 Å². The number of nitrogens with zero attached hydrogens (tertiary/aromatic N) is 1. The summed E-state index contributed by atoms with van der Waals surface area (Å²) in [5.41, 5.74) is 5.32. The maximum Gasteiger partial charge on any atom is 0.223 e. The fourth-order valence-electron chi connectivity index (χ4n) is 1.37. The maximum atomic E-state index is 11.6. The first-order valence-corrected chi connectivity index (χ1v) is 6.13. The van der Waals surface area contributed by atoms with Crippen molar-refractivity contribution in [3.63, 3.8) is 0 Å². The highest BCUT2D eigenvalue weighted by atomic mass is 35.5. The number of carbonyl (C=O) groups is 2. The minimum Gasteiger partial charge on any atom is -0.354 e. The van der Waals surface area contributed by atoms with Crippen molar-refractivity contribution in [2.75, 3.05) is 19.6 Å². The number of hydrogen-bond acceptors (Lipinski definition) is 3. The van der Waals surface area contributed by atoms with Crippen molar-refractivity contribution < 1.29 is 9.59 Å². The molecule has 18 heavy (non-hydrogen) atoms. The first kappa shape index (κ1) is 19.5. The molecule has 0 fully saturated rings. The van der Waals surface area contributed by atoms with Crippen LogP contribution in [0.4, 0.5) is 0 Å². The summed E-state index contributed by atoms with van der Waals surface area (Å²) < 4.78 is 0. The van der Waals surface area contributed by atoms with Crippen molar-refractivity contribution >= 4 is 24.2 Å². The number of nitrogens with one attached hydrogen (secondary N) is 1. The Bertz CT molecular complexity index is 261. The minimum atomic E-state index is -0.418. The molecule has 0 spiro atoms. The predicted octanol–water partition coefficient (Wildman–Crippen LogP) is 0.910. The van der Waals surface area contributed by atoms with Gasteiger partial charge in [0.15, 0.2) is 0 Å². The number of halogens is 1. The predicted molar refractivity (Wildman–Crippen MR) is 75.7 cm³/mol. The van der Waals surface area contributed by atoms with E-state index in [1.54, 1.807) is 4.90 Å². The van der Waals surface area contributed by atoms with E-state index in [-0.39, 0.29) is 37.1 Å². The third-order valence-corrected chi connectivity index (χ3v) is 2.42. The zero-order valence-electron chi connectivity index (χ0n) is 11.8. The zero-order chi connectivity index (χ0) is 13.5. The summed E-state index contributed by atoms with van der Waals surface area (Å²) in [4.78, 5) is 24.8. The lowest BCUT2D eigenvalue weighted by atomic mass is 10.1. The van der Waals surface area contributed by atoms with Crippen LogP contribution >= 0.6 is 12.4 Å². The second kappa shape index (κ2) is 9.16. The van der Waals surface area contributed by atoms with Crippen molar-refractivity contribution in [3.05, 3.63) is 0 Å². The first-order chi connectivity index (χ1) is 7.80. The third kappa shape index (κ3) is 9.24. The number of rotatable bonds is 7. The van der Waals surface area contributed by atoms with E-state index in [0.29, 0.717) is 19.6 Å². The van der Waals surface area contributed by atoms with Gasteiger partial charge in [-0.05, 0) is 27.7 Å². The average molecular weight is 280 g/mol. The lowest BCUT2D eigenvalue weighted by molar-refractivity contribution is -0.133. The van der Waals surface area contributed by atoms with E-state index in [2.05, 4.69) is 5.32 Å². The summed E-state index contributed by atoms with van der Waals surface area (Å²) in [5, 5.41) is 2.72. The zero-order valence-corrected chi connectivity index (χ0v) is 12.6. The van der Waals surface area contributed by atoms with Crippen molar-refractivity contribution in [3.8, 4) is 0 Å². The lowest BCUT2D eigenvalue weighted by Crippen LogP contribution is -2.45. The third-order valence-electron chi connectivity index (χ3n) is 2.42. The van der Waals surface area contributed by atoms with Gasteiger partial charge in [0.25, 0.3) is 0 Å². The van der Waals surface area contributed by atoms with Crippen LogP contribution in [0.15, 0.2) is 0 Å². The molecular formula is C12H26ClN3O2. The molecule has 0 aliphatic rings. The molecule has 3 N–H and O–H groups in total. The van der Waals surface area contributed by atoms with E-state index in [1.807, 2.05) is 27.7 Å². The molecule has 0 saturated heterocycles. The highest BCUT2D eigenvalue weighted by Gasteiger charge is 2.14. The molecule has 2 amide bonds. The van der Waals surface area contributed by atoms with Crippen LogP contribution in [0, 0.1) is 0 Å². The van der Waals surface area contributed by atoms with Gasteiger partial charge in [0.2, 0.25) is 11.8 Å². The van der Waals surface area contributed by atoms with Crippen LogP contribution in [-0.4, -0.2) is 41.9 Å².